The van der Waals surface area contributed by atoms with Crippen molar-refractivity contribution in [3.05, 3.63) is 0 Å². The van der Waals surface area contributed by atoms with Crippen LogP contribution in [0.5, 0.6) is 0 Å². The van der Waals surface area contributed by atoms with Gasteiger partial charge in [0.25, 0.3) is 0 Å². The van der Waals surface area contributed by atoms with Crippen LogP contribution in [0, 0.1) is 5.41 Å². The van der Waals surface area contributed by atoms with Crippen LogP contribution in [0.2, 0.25) is 0 Å². The molecule has 0 bridgehead atoms. The first-order valence-corrected chi connectivity index (χ1v) is 6.56. The first-order valence-electron chi connectivity index (χ1n) is 6.56. The van der Waals surface area contributed by atoms with Gasteiger partial charge in [-0.15, -0.1) is 0 Å². The Labute approximate surface area is 104 Å². The fourth-order valence-electron chi connectivity index (χ4n) is 3.55. The second-order valence-corrected chi connectivity index (χ2v) is 5.70. The highest BCUT2D eigenvalue weighted by molar-refractivity contribution is 5.77. The molecule has 0 spiro atoms. The van der Waals surface area contributed by atoms with Crippen molar-refractivity contribution in [3.63, 3.8) is 0 Å². The van der Waals surface area contributed by atoms with Crippen LogP contribution in [0.1, 0.15) is 32.6 Å². The molecule has 4 heteroatoms. The first-order chi connectivity index (χ1) is 8.09. The van der Waals surface area contributed by atoms with Crippen molar-refractivity contribution >= 4 is 5.91 Å². The lowest BCUT2D eigenvalue weighted by Gasteiger charge is -2.42. The predicted octanol–water partition coefficient (Wildman–Crippen LogP) is 1.01. The summed E-state index contributed by atoms with van der Waals surface area (Å²) in [6.07, 6.45) is 5.02. The lowest BCUT2D eigenvalue weighted by Crippen LogP contribution is -2.47. The normalized spacial score (nSPS) is 37.8. The van der Waals surface area contributed by atoms with Gasteiger partial charge in [-0.2, -0.15) is 0 Å². The van der Waals surface area contributed by atoms with E-state index in [4.69, 9.17) is 4.74 Å². The number of carbonyl (C=O) groups excluding carboxylic acids is 1. The number of nitrogens with one attached hydrogen (secondary N) is 1. The summed E-state index contributed by atoms with van der Waals surface area (Å²) in [5, 5.41) is 2.71. The van der Waals surface area contributed by atoms with Crippen molar-refractivity contribution in [2.75, 3.05) is 27.2 Å². The molecule has 1 N–H and O–H groups in total. The third-order valence-corrected chi connectivity index (χ3v) is 4.63. The van der Waals surface area contributed by atoms with Gasteiger partial charge in [-0.1, -0.05) is 6.92 Å². The van der Waals surface area contributed by atoms with Crippen molar-refractivity contribution in [1.29, 1.82) is 0 Å². The van der Waals surface area contributed by atoms with E-state index in [-0.39, 0.29) is 5.91 Å². The van der Waals surface area contributed by atoms with Gasteiger partial charge in [0.1, 0.15) is 0 Å². The smallest absolute Gasteiger partial charge is 0.233 e. The number of likely N-dealkylation sites (N-methyl/N-ethyl adjacent to an activating group) is 1. The molecule has 1 saturated heterocycles. The van der Waals surface area contributed by atoms with Crippen molar-refractivity contribution < 1.29 is 9.53 Å². The molecule has 98 valence electrons. The number of hydrogen-bond acceptors (Lipinski definition) is 3. The number of methoxy groups -OCH3 is 1. The summed E-state index contributed by atoms with van der Waals surface area (Å²) in [7, 11) is 3.52. The van der Waals surface area contributed by atoms with Crippen molar-refractivity contribution in [3.8, 4) is 0 Å². The molecule has 0 aromatic carbocycles. The molecule has 0 aromatic rings. The van der Waals surface area contributed by atoms with E-state index in [0.717, 1.165) is 25.8 Å². The summed E-state index contributed by atoms with van der Waals surface area (Å²) in [6, 6.07) is 0.561. The minimum Gasteiger partial charge on any atom is -0.381 e. The fourth-order valence-corrected chi connectivity index (χ4v) is 3.55. The Morgan fingerprint density at radius 2 is 2.29 bits per heavy atom. The molecular formula is C13H24N2O2. The lowest BCUT2D eigenvalue weighted by molar-refractivity contribution is -0.122. The summed E-state index contributed by atoms with van der Waals surface area (Å²) in [5.41, 5.74) is 0.340. The van der Waals surface area contributed by atoms with Gasteiger partial charge >= 0.3 is 0 Å². The first kappa shape index (κ1) is 12.8. The van der Waals surface area contributed by atoms with Crippen LogP contribution in [0.3, 0.4) is 0 Å². The number of hydrogen-bond donors (Lipinski definition) is 1. The van der Waals surface area contributed by atoms with Crippen molar-refractivity contribution in [2.24, 2.45) is 5.41 Å². The third-order valence-electron chi connectivity index (χ3n) is 4.63. The van der Waals surface area contributed by atoms with Crippen LogP contribution < -0.4 is 5.32 Å². The second kappa shape index (κ2) is 4.94. The van der Waals surface area contributed by atoms with Crippen LogP contribution in [0.25, 0.3) is 0 Å². The summed E-state index contributed by atoms with van der Waals surface area (Å²) in [4.78, 5) is 13.8. The number of nitrogens with zero attached hydrogens (tertiary/aromatic N) is 1. The number of carbonyl (C=O) groups is 1. The minimum absolute atomic E-state index is 0.128. The molecule has 1 aliphatic heterocycles. The summed E-state index contributed by atoms with van der Waals surface area (Å²) >= 11 is 0. The zero-order valence-electron chi connectivity index (χ0n) is 11.2. The number of ether oxygens (including phenoxy) is 1. The largest absolute Gasteiger partial charge is 0.381 e. The summed E-state index contributed by atoms with van der Waals surface area (Å²) in [6.45, 7) is 3.95. The quantitative estimate of drug-likeness (QED) is 0.800. The molecule has 0 aromatic heterocycles. The summed E-state index contributed by atoms with van der Waals surface area (Å²) in [5.74, 6) is 0.128. The highest BCUT2D eigenvalue weighted by Crippen LogP contribution is 2.46. The van der Waals surface area contributed by atoms with Crippen LogP contribution in [0.15, 0.2) is 0 Å². The van der Waals surface area contributed by atoms with Crippen LogP contribution >= 0.6 is 0 Å². The van der Waals surface area contributed by atoms with Gasteiger partial charge in [0.05, 0.1) is 12.6 Å². The number of amides is 1. The van der Waals surface area contributed by atoms with E-state index >= 15 is 0 Å². The standard InChI is InChI=1S/C13H24N2O2/c1-13-6-7-15(9-12(16)14-2)11(13)5-4-10(8-13)17-3/h10-11H,4-9H2,1-3H3,(H,14,16)/t10-,11-,13+/m1/s1. The molecule has 3 atom stereocenters. The maximum absolute atomic E-state index is 11.5. The molecule has 2 fully saturated rings. The Morgan fingerprint density at radius 3 is 2.94 bits per heavy atom. The van der Waals surface area contributed by atoms with Gasteiger partial charge in [0, 0.05) is 20.2 Å². The average molecular weight is 240 g/mol. The average Bonchev–Trinajstić information content (AvgIpc) is 2.65. The minimum atomic E-state index is 0.128. The molecule has 4 nitrogen and oxygen atoms in total. The summed E-state index contributed by atoms with van der Waals surface area (Å²) < 4.78 is 5.50. The van der Waals surface area contributed by atoms with Gasteiger partial charge in [-0.25, -0.2) is 0 Å². The van der Waals surface area contributed by atoms with E-state index in [9.17, 15) is 4.79 Å². The molecule has 0 unspecified atom stereocenters. The highest BCUT2D eigenvalue weighted by atomic mass is 16.5. The van der Waals surface area contributed by atoms with Crippen molar-refractivity contribution in [1.82, 2.24) is 10.2 Å². The maximum atomic E-state index is 11.5. The Hall–Kier alpha value is -0.610. The van der Waals surface area contributed by atoms with E-state index in [1.165, 1.54) is 6.42 Å². The van der Waals surface area contributed by atoms with Crippen LogP contribution in [0.4, 0.5) is 0 Å². The van der Waals surface area contributed by atoms with E-state index < -0.39 is 0 Å². The van der Waals surface area contributed by atoms with Crippen LogP contribution in [-0.4, -0.2) is 50.2 Å². The Bertz CT molecular complexity index is 295. The van der Waals surface area contributed by atoms with Gasteiger partial charge in [-0.05, 0) is 37.6 Å². The SMILES string of the molecule is CNC(=O)CN1CC[C@@]2(C)C[C@H](OC)CC[C@@H]12. The molecular weight excluding hydrogens is 216 g/mol. The van der Waals surface area contributed by atoms with E-state index in [1.807, 2.05) is 7.11 Å². The molecule has 1 aliphatic carbocycles. The van der Waals surface area contributed by atoms with E-state index in [0.29, 0.717) is 24.1 Å². The van der Waals surface area contributed by atoms with E-state index in [2.05, 4.69) is 17.1 Å². The van der Waals surface area contributed by atoms with Gasteiger partial charge in [0.2, 0.25) is 5.91 Å². The Morgan fingerprint density at radius 1 is 1.53 bits per heavy atom. The number of fused-ring (bicyclic) bond motifs is 1. The fraction of sp³-hybridized carbons (Fsp3) is 0.923. The lowest BCUT2D eigenvalue weighted by atomic mass is 9.71. The predicted molar refractivity (Wildman–Crippen MR) is 66.8 cm³/mol. The maximum Gasteiger partial charge on any atom is 0.233 e. The Kier molecular flexibility index (Phi) is 3.73. The zero-order chi connectivity index (χ0) is 12.5. The number of rotatable bonds is 3. The number of likely N-dealkylation sites (tertiary alicyclic amines) is 1. The van der Waals surface area contributed by atoms with Gasteiger partial charge in [-0.3, -0.25) is 9.69 Å². The molecule has 0 radical (unpaired) electrons. The van der Waals surface area contributed by atoms with Gasteiger partial charge < -0.3 is 10.1 Å². The molecule has 2 aliphatic rings. The molecule has 17 heavy (non-hydrogen) atoms. The topological polar surface area (TPSA) is 41.6 Å². The van der Waals surface area contributed by atoms with E-state index in [1.54, 1.807) is 7.05 Å². The second-order valence-electron chi connectivity index (χ2n) is 5.70. The molecule has 2 rings (SSSR count). The third kappa shape index (κ3) is 2.47. The molecule has 1 saturated carbocycles. The monoisotopic (exact) mass is 240 g/mol. The van der Waals surface area contributed by atoms with Gasteiger partial charge in [0.15, 0.2) is 0 Å². The highest BCUT2D eigenvalue weighted by Gasteiger charge is 2.47. The van der Waals surface area contributed by atoms with Crippen molar-refractivity contribution in [2.45, 2.75) is 44.8 Å². The molecule has 1 heterocycles. The zero-order valence-corrected chi connectivity index (χ0v) is 11.2. The molecule has 1 amide bonds. The Balaban J connectivity index is 2.00. The van der Waals surface area contributed by atoms with Crippen LogP contribution in [-0.2, 0) is 9.53 Å².